The number of benzene rings is 2. The van der Waals surface area contributed by atoms with Crippen molar-refractivity contribution >= 4 is 15.4 Å². The van der Waals surface area contributed by atoms with Crippen LogP contribution in [0, 0.1) is 18.6 Å². The van der Waals surface area contributed by atoms with Gasteiger partial charge in [0.05, 0.1) is 11.4 Å². The molecule has 0 aliphatic heterocycles. The first-order chi connectivity index (χ1) is 15.2. The summed E-state index contributed by atoms with van der Waals surface area (Å²) in [5, 5.41) is 6.21. The van der Waals surface area contributed by atoms with Crippen molar-refractivity contribution in [3.05, 3.63) is 81.9 Å². The van der Waals surface area contributed by atoms with E-state index < -0.39 is 27.0 Å². The summed E-state index contributed by atoms with van der Waals surface area (Å²) in [7, 11) is -3.32. The van der Waals surface area contributed by atoms with Crippen molar-refractivity contribution in [2.24, 2.45) is 0 Å². The molecule has 7 nitrogen and oxygen atoms in total. The third-order valence-corrected chi connectivity index (χ3v) is 6.69. The molecule has 2 heterocycles. The number of fused-ring (bicyclic) bond motifs is 1. The van der Waals surface area contributed by atoms with Gasteiger partial charge in [0.25, 0.3) is 5.56 Å². The molecule has 166 valence electrons. The molecule has 0 saturated heterocycles. The molecule has 0 atom stereocenters. The van der Waals surface area contributed by atoms with Crippen molar-refractivity contribution in [1.82, 2.24) is 14.6 Å². The van der Waals surface area contributed by atoms with Crippen LogP contribution in [0.5, 0.6) is 11.5 Å². The van der Waals surface area contributed by atoms with E-state index in [1.807, 2.05) is 0 Å². The monoisotopic (exact) mass is 459 g/mol. The Labute approximate surface area is 182 Å². The summed E-state index contributed by atoms with van der Waals surface area (Å²) >= 11 is 0. The lowest BCUT2D eigenvalue weighted by molar-refractivity contribution is 0.439. The zero-order valence-corrected chi connectivity index (χ0v) is 18.0. The molecule has 2 aromatic carbocycles. The van der Waals surface area contributed by atoms with Gasteiger partial charge in [-0.05, 0) is 48.4 Å². The van der Waals surface area contributed by atoms with Crippen molar-refractivity contribution in [1.29, 1.82) is 0 Å². The molecule has 10 heteroatoms. The molecule has 0 saturated carbocycles. The van der Waals surface area contributed by atoms with E-state index in [-0.39, 0.29) is 23.0 Å². The second-order valence-corrected chi connectivity index (χ2v) is 9.65. The Morgan fingerprint density at radius 1 is 1.09 bits per heavy atom. The molecule has 0 aliphatic rings. The fourth-order valence-corrected chi connectivity index (χ4v) is 4.35. The molecule has 0 spiro atoms. The van der Waals surface area contributed by atoms with Gasteiger partial charge >= 0.3 is 0 Å². The van der Waals surface area contributed by atoms with Crippen LogP contribution in [-0.2, 0) is 15.6 Å². The number of rotatable bonds is 6. The maximum absolute atomic E-state index is 14.2. The number of nitrogens with one attached hydrogen (secondary N) is 1. The number of halogens is 2. The van der Waals surface area contributed by atoms with Crippen LogP contribution < -0.4 is 10.3 Å². The zero-order valence-electron chi connectivity index (χ0n) is 17.2. The summed E-state index contributed by atoms with van der Waals surface area (Å²) in [5.74, 6) is -1.84. The van der Waals surface area contributed by atoms with Gasteiger partial charge in [0.1, 0.15) is 23.4 Å². The third-order valence-electron chi connectivity index (χ3n) is 5.04. The molecule has 0 bridgehead atoms. The van der Waals surface area contributed by atoms with E-state index in [1.54, 1.807) is 36.4 Å². The number of ether oxygens (including phenoxy) is 1. The summed E-state index contributed by atoms with van der Waals surface area (Å²) in [6.07, 6.45) is 1.41. The van der Waals surface area contributed by atoms with Gasteiger partial charge in [0.15, 0.2) is 21.4 Å². The fourth-order valence-electron chi connectivity index (χ4n) is 3.46. The summed E-state index contributed by atoms with van der Waals surface area (Å²) < 4.78 is 59.1. The van der Waals surface area contributed by atoms with Gasteiger partial charge in [-0.1, -0.05) is 13.0 Å². The number of hydrogen-bond acceptors (Lipinski definition) is 5. The first-order valence-electron chi connectivity index (χ1n) is 9.70. The van der Waals surface area contributed by atoms with Crippen molar-refractivity contribution in [3.8, 4) is 22.8 Å². The van der Waals surface area contributed by atoms with Gasteiger partial charge in [-0.15, -0.1) is 0 Å². The number of H-pyrrole nitrogens is 1. The third kappa shape index (κ3) is 4.13. The minimum atomic E-state index is -3.32. The van der Waals surface area contributed by atoms with Crippen molar-refractivity contribution in [2.45, 2.75) is 19.6 Å². The Kier molecular flexibility index (Phi) is 5.55. The standard InChI is InChI=1S/C22H19F2N3O4S/c1-3-32(29,30)11-14-4-6-19(31-20-7-5-15(23)10-17(20)24)16(9-14)18-8-13(2)21-22(28)26-25-12-27(18)21/h4-10,12H,3,11H2,1-2H3,(H,26,28). The lowest BCUT2D eigenvalue weighted by Gasteiger charge is -2.14. The lowest BCUT2D eigenvalue weighted by Crippen LogP contribution is -2.11. The molecule has 0 amide bonds. The number of aryl methyl sites for hydroxylation is 1. The number of aromatic nitrogens is 3. The quantitative estimate of drug-likeness (QED) is 0.470. The SMILES string of the molecule is CCS(=O)(=O)Cc1ccc(Oc2ccc(F)cc2F)c(-c2cc(C)c3c(=O)[nH]ncn23)c1. The highest BCUT2D eigenvalue weighted by molar-refractivity contribution is 7.90. The minimum Gasteiger partial charge on any atom is -0.454 e. The smallest absolute Gasteiger partial charge is 0.288 e. The minimum absolute atomic E-state index is 0.0200. The van der Waals surface area contributed by atoms with Crippen LogP contribution in [0.1, 0.15) is 18.1 Å². The Hall–Kier alpha value is -3.53. The Morgan fingerprint density at radius 2 is 1.84 bits per heavy atom. The molecule has 4 rings (SSSR count). The van der Waals surface area contributed by atoms with E-state index >= 15 is 0 Å². The largest absolute Gasteiger partial charge is 0.454 e. The number of sulfone groups is 1. The van der Waals surface area contributed by atoms with Gasteiger partial charge in [-0.25, -0.2) is 22.3 Å². The van der Waals surface area contributed by atoms with Gasteiger partial charge < -0.3 is 4.74 Å². The van der Waals surface area contributed by atoms with Gasteiger partial charge in [0.2, 0.25) is 0 Å². The van der Waals surface area contributed by atoms with Crippen LogP contribution >= 0.6 is 0 Å². The van der Waals surface area contributed by atoms with E-state index in [9.17, 15) is 22.0 Å². The predicted octanol–water partition coefficient (Wildman–Crippen LogP) is 4.00. The van der Waals surface area contributed by atoms with Crippen LogP contribution in [0.25, 0.3) is 16.8 Å². The van der Waals surface area contributed by atoms with Gasteiger partial charge in [-0.2, -0.15) is 5.10 Å². The molecule has 0 fully saturated rings. The Balaban J connectivity index is 1.91. The van der Waals surface area contributed by atoms with Crippen LogP contribution in [0.4, 0.5) is 8.78 Å². The average Bonchev–Trinajstić information content (AvgIpc) is 3.08. The Bertz CT molecular complexity index is 1490. The number of aromatic amines is 1. The molecule has 32 heavy (non-hydrogen) atoms. The molecule has 2 aromatic heterocycles. The highest BCUT2D eigenvalue weighted by atomic mass is 32.2. The summed E-state index contributed by atoms with van der Waals surface area (Å²) in [6, 6.07) is 9.38. The van der Waals surface area contributed by atoms with E-state index in [1.165, 1.54) is 12.4 Å². The van der Waals surface area contributed by atoms with Gasteiger partial charge in [-0.3, -0.25) is 9.20 Å². The second-order valence-electron chi connectivity index (χ2n) is 7.30. The Morgan fingerprint density at radius 3 is 2.56 bits per heavy atom. The predicted molar refractivity (Wildman–Crippen MR) is 116 cm³/mol. The van der Waals surface area contributed by atoms with Gasteiger partial charge in [0, 0.05) is 17.4 Å². The summed E-state index contributed by atoms with van der Waals surface area (Å²) in [5.41, 5.74) is 2.05. The zero-order chi connectivity index (χ0) is 23.0. The second kappa shape index (κ2) is 8.19. The number of hydrogen-bond donors (Lipinski definition) is 1. The average molecular weight is 459 g/mol. The van der Waals surface area contributed by atoms with Crippen LogP contribution in [0.15, 0.2) is 53.6 Å². The molecule has 0 aliphatic carbocycles. The topological polar surface area (TPSA) is 93.5 Å². The van der Waals surface area contributed by atoms with Crippen LogP contribution in [0.2, 0.25) is 0 Å². The van der Waals surface area contributed by atoms with E-state index in [2.05, 4.69) is 10.2 Å². The summed E-state index contributed by atoms with van der Waals surface area (Å²) in [4.78, 5) is 12.3. The number of nitrogens with zero attached hydrogens (tertiary/aromatic N) is 2. The molecular formula is C22H19F2N3O4S. The molecular weight excluding hydrogens is 440 g/mol. The first kappa shape index (κ1) is 21.7. The van der Waals surface area contributed by atoms with Crippen molar-refractivity contribution in [2.75, 3.05) is 5.75 Å². The van der Waals surface area contributed by atoms with Crippen LogP contribution in [-0.4, -0.2) is 28.8 Å². The lowest BCUT2D eigenvalue weighted by atomic mass is 10.1. The van der Waals surface area contributed by atoms with Crippen molar-refractivity contribution in [3.63, 3.8) is 0 Å². The normalized spacial score (nSPS) is 11.8. The molecule has 1 N–H and O–H groups in total. The summed E-state index contributed by atoms with van der Waals surface area (Å²) in [6.45, 7) is 3.31. The molecule has 4 aromatic rings. The highest BCUT2D eigenvalue weighted by Crippen LogP contribution is 2.37. The first-order valence-corrected chi connectivity index (χ1v) is 11.5. The van der Waals surface area contributed by atoms with Crippen LogP contribution in [0.3, 0.4) is 0 Å². The van der Waals surface area contributed by atoms with E-state index in [0.29, 0.717) is 34.0 Å². The fraction of sp³-hybridized carbons (Fsp3) is 0.182. The maximum Gasteiger partial charge on any atom is 0.288 e. The highest BCUT2D eigenvalue weighted by Gasteiger charge is 2.19. The van der Waals surface area contributed by atoms with E-state index in [4.69, 9.17) is 4.74 Å². The maximum atomic E-state index is 14.2. The van der Waals surface area contributed by atoms with E-state index in [0.717, 1.165) is 12.1 Å². The molecule has 0 unspecified atom stereocenters. The molecule has 0 radical (unpaired) electrons. The van der Waals surface area contributed by atoms with Crippen molar-refractivity contribution < 1.29 is 21.9 Å².